The third-order valence-corrected chi connectivity index (χ3v) is 10.3. The minimum absolute atomic E-state index is 0.178. The van der Waals surface area contributed by atoms with Gasteiger partial charge in [-0.3, -0.25) is 0 Å². The van der Waals surface area contributed by atoms with Crippen LogP contribution in [0.1, 0.15) is 128 Å². The van der Waals surface area contributed by atoms with Crippen molar-refractivity contribution in [2.24, 2.45) is 5.92 Å². The summed E-state index contributed by atoms with van der Waals surface area (Å²) in [5.74, 6) is 0.767. The number of nitrogens with zero attached hydrogens (tertiary/aromatic N) is 1. The quantitative estimate of drug-likeness (QED) is 0.0565. The number of pyridine rings is 1. The van der Waals surface area contributed by atoms with Gasteiger partial charge in [0.2, 0.25) is 5.52 Å². The van der Waals surface area contributed by atoms with Crippen molar-refractivity contribution in [3.05, 3.63) is 72.4 Å². The van der Waals surface area contributed by atoms with Crippen molar-refractivity contribution in [3.63, 3.8) is 0 Å². The summed E-state index contributed by atoms with van der Waals surface area (Å²) in [5.41, 5.74) is 2.26. The number of aromatic nitrogens is 1. The average molecular weight is 682 g/mol. The molecular weight excluding hydrogens is 619 g/mol. The van der Waals surface area contributed by atoms with Gasteiger partial charge in [0, 0.05) is 37.2 Å². The smallest absolute Gasteiger partial charge is 0.212 e. The predicted octanol–water partition coefficient (Wildman–Crippen LogP) is 10.1. The predicted molar refractivity (Wildman–Crippen MR) is 196 cm³/mol. The van der Waals surface area contributed by atoms with E-state index in [0.29, 0.717) is 6.10 Å². The van der Waals surface area contributed by atoms with Crippen LogP contribution >= 0.6 is 0 Å². The number of aryl methyl sites for hydroxylation is 2. The summed E-state index contributed by atoms with van der Waals surface area (Å²) in [6.07, 6.45) is 27.2. The highest BCUT2D eigenvalue weighted by Crippen LogP contribution is 2.25. The number of ether oxygens (including phenoxy) is 2. The summed E-state index contributed by atoms with van der Waals surface area (Å²) < 4.78 is 45.6. The largest absolute Gasteiger partial charge is 0.744 e. The lowest BCUT2D eigenvalue weighted by atomic mass is 9.97. The second-order valence-electron chi connectivity index (χ2n) is 13.8. The van der Waals surface area contributed by atoms with Gasteiger partial charge in [0.15, 0.2) is 6.20 Å². The number of fused-ring (bicyclic) bond motifs is 1. The Balaban J connectivity index is 0.000000480. The molecule has 1 aliphatic rings. The molecule has 0 bridgehead atoms. The zero-order valence-electron chi connectivity index (χ0n) is 30.0. The van der Waals surface area contributed by atoms with Crippen LogP contribution in [0.5, 0.6) is 0 Å². The Morgan fingerprint density at radius 3 is 2.06 bits per heavy atom. The molecule has 1 saturated heterocycles. The topological polar surface area (TPSA) is 79.5 Å². The molecule has 0 saturated carbocycles. The number of benzene rings is 2. The van der Waals surface area contributed by atoms with E-state index in [1.165, 1.54) is 132 Å². The molecule has 2 aromatic carbocycles. The molecule has 1 aromatic heterocycles. The Morgan fingerprint density at radius 2 is 1.38 bits per heavy atom. The van der Waals surface area contributed by atoms with E-state index in [9.17, 15) is 13.0 Å². The van der Waals surface area contributed by atoms with Crippen molar-refractivity contribution in [3.8, 4) is 0 Å². The fourth-order valence-corrected chi connectivity index (χ4v) is 7.02. The van der Waals surface area contributed by atoms with Crippen LogP contribution in [-0.2, 0) is 26.1 Å². The highest BCUT2D eigenvalue weighted by atomic mass is 32.2. The number of para-hydroxylation sites is 1. The van der Waals surface area contributed by atoms with E-state index < -0.39 is 10.1 Å². The van der Waals surface area contributed by atoms with E-state index in [0.717, 1.165) is 44.3 Å². The lowest BCUT2D eigenvalue weighted by molar-refractivity contribution is -0.671. The van der Waals surface area contributed by atoms with Crippen LogP contribution in [0.3, 0.4) is 0 Å². The molecule has 1 aliphatic heterocycles. The summed E-state index contributed by atoms with van der Waals surface area (Å²) >= 11 is 0. The van der Waals surface area contributed by atoms with Crippen molar-refractivity contribution in [2.75, 3.05) is 19.8 Å². The Bertz CT molecular complexity index is 1360. The fourth-order valence-electron chi connectivity index (χ4n) is 6.55. The molecule has 3 aromatic rings. The third kappa shape index (κ3) is 16.9. The minimum Gasteiger partial charge on any atom is -0.744 e. The van der Waals surface area contributed by atoms with Crippen molar-refractivity contribution in [2.45, 2.75) is 147 Å². The molecular formula is C41H63NO5S. The molecule has 48 heavy (non-hydrogen) atoms. The van der Waals surface area contributed by atoms with E-state index in [-0.39, 0.29) is 4.90 Å². The van der Waals surface area contributed by atoms with Gasteiger partial charge in [0.1, 0.15) is 16.7 Å². The van der Waals surface area contributed by atoms with Gasteiger partial charge in [-0.2, -0.15) is 4.57 Å². The van der Waals surface area contributed by atoms with Gasteiger partial charge in [-0.25, -0.2) is 8.42 Å². The summed E-state index contributed by atoms with van der Waals surface area (Å²) in [6.45, 7) is 7.84. The first-order valence-corrected chi connectivity index (χ1v) is 20.4. The van der Waals surface area contributed by atoms with Crippen LogP contribution in [0.2, 0.25) is 0 Å². The van der Waals surface area contributed by atoms with Crippen LogP contribution in [0.15, 0.2) is 71.8 Å². The van der Waals surface area contributed by atoms with E-state index in [2.05, 4.69) is 54.1 Å². The fraction of sp³-hybridized carbons (Fsp3) is 0.634. The molecule has 0 amide bonds. The Morgan fingerprint density at radius 1 is 0.771 bits per heavy atom. The van der Waals surface area contributed by atoms with Gasteiger partial charge in [-0.05, 0) is 62.8 Å². The zero-order valence-corrected chi connectivity index (χ0v) is 30.8. The normalized spacial score (nSPS) is 16.2. The van der Waals surface area contributed by atoms with Crippen molar-refractivity contribution >= 4 is 21.0 Å². The Labute approximate surface area is 292 Å². The van der Waals surface area contributed by atoms with Crippen LogP contribution in [0.25, 0.3) is 10.9 Å². The van der Waals surface area contributed by atoms with Gasteiger partial charge < -0.3 is 14.0 Å². The molecule has 0 N–H and O–H groups in total. The van der Waals surface area contributed by atoms with Gasteiger partial charge in [0.05, 0.1) is 17.6 Å². The van der Waals surface area contributed by atoms with Crippen molar-refractivity contribution in [1.29, 1.82) is 0 Å². The molecule has 0 aliphatic carbocycles. The first-order valence-electron chi connectivity index (χ1n) is 19.0. The number of hydrogen-bond acceptors (Lipinski definition) is 5. The molecule has 2 unspecified atom stereocenters. The van der Waals surface area contributed by atoms with Gasteiger partial charge in [-0.15, -0.1) is 0 Å². The molecule has 2 heterocycles. The maximum absolute atomic E-state index is 10.4. The first kappa shape index (κ1) is 40.1. The number of unbranched alkanes of at least 4 members (excludes halogenated alkanes) is 14. The highest BCUT2D eigenvalue weighted by Gasteiger charge is 2.25. The summed E-state index contributed by atoms with van der Waals surface area (Å²) in [7, 11) is -4.27. The average Bonchev–Trinajstić information content (AvgIpc) is 3.54. The van der Waals surface area contributed by atoms with Gasteiger partial charge in [-0.1, -0.05) is 120 Å². The monoisotopic (exact) mass is 681 g/mol. The molecule has 4 rings (SSSR count). The minimum atomic E-state index is -4.27. The zero-order chi connectivity index (χ0) is 34.3. The van der Waals surface area contributed by atoms with Crippen molar-refractivity contribution < 1.29 is 27.0 Å². The number of rotatable bonds is 23. The van der Waals surface area contributed by atoms with Crippen LogP contribution < -0.4 is 4.57 Å². The first-order chi connectivity index (χ1) is 23.4. The highest BCUT2D eigenvalue weighted by molar-refractivity contribution is 7.85. The standard InChI is InChI=1S/C34H56NO2.C7H8O3S/c1-2-3-4-5-6-7-8-9-10-11-12-15-21-31-28-33(37-29-31)30-36-27-19-14-13-18-25-35-26-20-23-32-22-16-17-24-34(32)35;1-6-2-4-7(5-3-6)11(8,9)10/h16-17,20,22-24,26,31,33H,2-15,18-19,21,25,27-30H2,1H3;2-5H,1H3,(H,8,9,10)/q+1;/p-1. The van der Waals surface area contributed by atoms with E-state index >= 15 is 0 Å². The lowest BCUT2D eigenvalue weighted by Crippen LogP contribution is -2.33. The second-order valence-corrected chi connectivity index (χ2v) is 15.1. The lowest BCUT2D eigenvalue weighted by Gasteiger charge is -2.10. The van der Waals surface area contributed by atoms with Crippen LogP contribution in [-0.4, -0.2) is 38.9 Å². The van der Waals surface area contributed by atoms with Crippen LogP contribution in [0.4, 0.5) is 0 Å². The Kier molecular flexibility index (Phi) is 20.0. The molecule has 0 spiro atoms. The molecule has 2 atom stereocenters. The third-order valence-electron chi connectivity index (χ3n) is 9.47. The van der Waals surface area contributed by atoms with E-state index in [1.807, 2.05) is 6.92 Å². The molecule has 268 valence electrons. The maximum Gasteiger partial charge on any atom is 0.212 e. The van der Waals surface area contributed by atoms with E-state index in [4.69, 9.17) is 9.47 Å². The van der Waals surface area contributed by atoms with Crippen LogP contribution in [0, 0.1) is 12.8 Å². The molecule has 1 fully saturated rings. The van der Waals surface area contributed by atoms with Crippen molar-refractivity contribution in [1.82, 2.24) is 0 Å². The maximum atomic E-state index is 10.4. The number of hydrogen-bond donors (Lipinski definition) is 0. The summed E-state index contributed by atoms with van der Waals surface area (Å²) in [4.78, 5) is -0.178. The summed E-state index contributed by atoms with van der Waals surface area (Å²) in [5, 5.41) is 1.32. The molecule has 7 heteroatoms. The van der Waals surface area contributed by atoms with Gasteiger partial charge >= 0.3 is 0 Å². The SMILES string of the molecule is CCCCCCCCCCCCCCC1COC(COCCCCCC[n+]2cccc3ccccc32)C1.Cc1ccc(S(=O)(=O)[O-])cc1. The second kappa shape index (κ2) is 23.9. The summed E-state index contributed by atoms with van der Waals surface area (Å²) in [6, 6.07) is 18.8. The Hall–Kier alpha value is -2.32. The molecule has 6 nitrogen and oxygen atoms in total. The van der Waals surface area contributed by atoms with E-state index in [1.54, 1.807) is 12.1 Å². The van der Waals surface area contributed by atoms with Gasteiger partial charge in [0.25, 0.3) is 0 Å². The molecule has 0 radical (unpaired) electrons.